The van der Waals surface area contributed by atoms with Gasteiger partial charge in [0.25, 0.3) is 5.91 Å². The fraction of sp³-hybridized carbons (Fsp3) is 0.400. The van der Waals surface area contributed by atoms with E-state index in [1.807, 2.05) is 43.3 Å². The maximum Gasteiger partial charge on any atom is 0.269 e. The molecule has 144 valence electrons. The molecule has 1 amide bonds. The Labute approximate surface area is 165 Å². The Morgan fingerprint density at radius 2 is 1.81 bits per heavy atom. The monoisotopic (exact) mass is 387 g/mol. The summed E-state index contributed by atoms with van der Waals surface area (Å²) in [6.45, 7) is 5.08. The molecule has 3 rings (SSSR count). The van der Waals surface area contributed by atoms with E-state index in [2.05, 4.69) is 26.2 Å². The highest BCUT2D eigenvalue weighted by atomic mass is 35.5. The number of rotatable bonds is 6. The van der Waals surface area contributed by atoms with Gasteiger partial charge in [0.1, 0.15) is 5.69 Å². The molecule has 1 aliphatic heterocycles. The second-order valence-corrected chi connectivity index (χ2v) is 7.35. The molecular formula is C20H26ClN5O. The van der Waals surface area contributed by atoms with Crippen molar-refractivity contribution in [2.75, 3.05) is 63.2 Å². The second kappa shape index (κ2) is 9.06. The van der Waals surface area contributed by atoms with Crippen molar-refractivity contribution in [3.05, 3.63) is 53.3 Å². The van der Waals surface area contributed by atoms with Gasteiger partial charge in [-0.05, 0) is 44.4 Å². The number of halogens is 1. The van der Waals surface area contributed by atoms with Crippen LogP contribution in [0.25, 0.3) is 0 Å². The molecule has 0 saturated carbocycles. The van der Waals surface area contributed by atoms with Gasteiger partial charge in [-0.1, -0.05) is 17.7 Å². The van der Waals surface area contributed by atoms with Crippen molar-refractivity contribution in [2.24, 2.45) is 0 Å². The predicted molar refractivity (Wildman–Crippen MR) is 111 cm³/mol. The Kier molecular flexibility index (Phi) is 6.53. The van der Waals surface area contributed by atoms with Crippen LogP contribution in [0.2, 0.25) is 5.02 Å². The molecule has 2 aromatic rings. The maximum atomic E-state index is 12.1. The van der Waals surface area contributed by atoms with E-state index in [9.17, 15) is 4.79 Å². The van der Waals surface area contributed by atoms with Crippen LogP contribution in [0.5, 0.6) is 0 Å². The van der Waals surface area contributed by atoms with Crippen LogP contribution >= 0.6 is 11.6 Å². The molecular weight excluding hydrogens is 362 g/mol. The third-order valence-corrected chi connectivity index (χ3v) is 4.88. The Morgan fingerprint density at radius 1 is 1.11 bits per heavy atom. The zero-order valence-corrected chi connectivity index (χ0v) is 16.6. The van der Waals surface area contributed by atoms with E-state index < -0.39 is 0 Å². The SMILES string of the molecule is CN(C)CCNC(=O)c1ccc(N2CCN(c3cccc(Cl)c3)CC2)cn1. The number of nitrogens with zero attached hydrogens (tertiary/aromatic N) is 4. The van der Waals surface area contributed by atoms with E-state index in [0.717, 1.165) is 49.1 Å². The fourth-order valence-corrected chi connectivity index (χ4v) is 3.27. The van der Waals surface area contributed by atoms with Crippen molar-refractivity contribution in [3.63, 3.8) is 0 Å². The van der Waals surface area contributed by atoms with Gasteiger partial charge in [0.05, 0.1) is 11.9 Å². The van der Waals surface area contributed by atoms with Gasteiger partial charge in [-0.25, -0.2) is 4.98 Å². The third-order valence-electron chi connectivity index (χ3n) is 4.64. The lowest BCUT2D eigenvalue weighted by molar-refractivity contribution is 0.0946. The van der Waals surface area contributed by atoms with Crippen LogP contribution in [0.15, 0.2) is 42.6 Å². The Hall–Kier alpha value is -2.31. The van der Waals surface area contributed by atoms with E-state index in [4.69, 9.17) is 11.6 Å². The van der Waals surface area contributed by atoms with Crippen molar-refractivity contribution < 1.29 is 4.79 Å². The highest BCUT2D eigenvalue weighted by Gasteiger charge is 2.18. The summed E-state index contributed by atoms with van der Waals surface area (Å²) in [5, 5.41) is 3.65. The summed E-state index contributed by atoms with van der Waals surface area (Å²) in [5.74, 6) is -0.130. The quantitative estimate of drug-likeness (QED) is 0.824. The summed E-state index contributed by atoms with van der Waals surface area (Å²) in [6.07, 6.45) is 1.79. The first-order valence-electron chi connectivity index (χ1n) is 9.17. The topological polar surface area (TPSA) is 51.7 Å². The van der Waals surface area contributed by atoms with Crippen LogP contribution in [0, 0.1) is 0 Å². The van der Waals surface area contributed by atoms with Gasteiger partial charge >= 0.3 is 0 Å². The summed E-state index contributed by atoms with van der Waals surface area (Å²) in [6, 6.07) is 11.7. The van der Waals surface area contributed by atoms with Gasteiger partial charge in [0.15, 0.2) is 0 Å². The molecule has 1 saturated heterocycles. The third kappa shape index (κ3) is 5.34. The van der Waals surface area contributed by atoms with Gasteiger partial charge in [-0.2, -0.15) is 0 Å². The van der Waals surface area contributed by atoms with E-state index >= 15 is 0 Å². The Morgan fingerprint density at radius 3 is 2.41 bits per heavy atom. The molecule has 6 nitrogen and oxygen atoms in total. The average molecular weight is 388 g/mol. The molecule has 27 heavy (non-hydrogen) atoms. The Balaban J connectivity index is 1.53. The predicted octanol–water partition coefficient (Wildman–Crippen LogP) is 2.35. The van der Waals surface area contributed by atoms with Crippen LogP contribution in [0.3, 0.4) is 0 Å². The van der Waals surface area contributed by atoms with E-state index in [-0.39, 0.29) is 5.91 Å². The molecule has 0 aliphatic carbocycles. The summed E-state index contributed by atoms with van der Waals surface area (Å²) in [5.41, 5.74) is 2.66. The summed E-state index contributed by atoms with van der Waals surface area (Å²) >= 11 is 6.10. The van der Waals surface area contributed by atoms with Crippen molar-refractivity contribution in [3.8, 4) is 0 Å². The average Bonchev–Trinajstić information content (AvgIpc) is 2.68. The summed E-state index contributed by atoms with van der Waals surface area (Å²) < 4.78 is 0. The summed E-state index contributed by atoms with van der Waals surface area (Å²) in [7, 11) is 3.96. The zero-order chi connectivity index (χ0) is 19.2. The molecule has 0 atom stereocenters. The van der Waals surface area contributed by atoms with Gasteiger partial charge in [-0.15, -0.1) is 0 Å². The van der Waals surface area contributed by atoms with Gasteiger partial charge in [0.2, 0.25) is 0 Å². The minimum absolute atomic E-state index is 0.130. The number of likely N-dealkylation sites (N-methyl/N-ethyl adjacent to an activating group) is 1. The fourth-order valence-electron chi connectivity index (χ4n) is 3.09. The second-order valence-electron chi connectivity index (χ2n) is 6.91. The van der Waals surface area contributed by atoms with E-state index in [1.165, 1.54) is 0 Å². The number of amides is 1. The molecule has 0 bridgehead atoms. The molecule has 1 aromatic carbocycles. The smallest absolute Gasteiger partial charge is 0.269 e. The normalized spacial score (nSPS) is 14.5. The number of hydrogen-bond donors (Lipinski definition) is 1. The molecule has 1 aliphatic rings. The zero-order valence-electron chi connectivity index (χ0n) is 15.9. The van der Waals surface area contributed by atoms with E-state index in [1.54, 1.807) is 12.3 Å². The van der Waals surface area contributed by atoms with Crippen molar-refractivity contribution in [2.45, 2.75) is 0 Å². The maximum absolute atomic E-state index is 12.1. The molecule has 1 fully saturated rings. The van der Waals surface area contributed by atoms with E-state index in [0.29, 0.717) is 12.2 Å². The molecule has 1 aromatic heterocycles. The van der Waals surface area contributed by atoms with Crippen molar-refractivity contribution >= 4 is 28.9 Å². The van der Waals surface area contributed by atoms with Gasteiger partial charge in [-0.3, -0.25) is 4.79 Å². The molecule has 7 heteroatoms. The number of benzene rings is 1. The molecule has 0 spiro atoms. The minimum Gasteiger partial charge on any atom is -0.368 e. The van der Waals surface area contributed by atoms with Gasteiger partial charge in [0, 0.05) is 50.0 Å². The number of pyridine rings is 1. The standard InChI is InChI=1S/C20H26ClN5O/c1-24(2)9-8-22-20(27)19-7-6-18(15-23-19)26-12-10-25(11-13-26)17-5-3-4-16(21)14-17/h3-7,14-15H,8-13H2,1-2H3,(H,22,27). The van der Waals surface area contributed by atoms with Crippen molar-refractivity contribution in [1.82, 2.24) is 15.2 Å². The number of carbonyl (C=O) groups is 1. The lowest BCUT2D eigenvalue weighted by atomic mass is 10.2. The van der Waals surface area contributed by atoms with Crippen molar-refractivity contribution in [1.29, 1.82) is 0 Å². The Bertz CT molecular complexity index is 757. The van der Waals surface area contributed by atoms with Crippen LogP contribution in [0.4, 0.5) is 11.4 Å². The van der Waals surface area contributed by atoms with Crippen LogP contribution < -0.4 is 15.1 Å². The number of anilines is 2. The highest BCUT2D eigenvalue weighted by Crippen LogP contribution is 2.22. The van der Waals surface area contributed by atoms with Crippen LogP contribution in [-0.4, -0.2) is 69.2 Å². The lowest BCUT2D eigenvalue weighted by Gasteiger charge is -2.37. The highest BCUT2D eigenvalue weighted by molar-refractivity contribution is 6.30. The first-order chi connectivity index (χ1) is 13.0. The molecule has 0 radical (unpaired) electrons. The number of aromatic nitrogens is 1. The summed E-state index contributed by atoms with van der Waals surface area (Å²) in [4.78, 5) is 23.1. The van der Waals surface area contributed by atoms with Gasteiger partial charge < -0.3 is 20.0 Å². The van der Waals surface area contributed by atoms with Crippen LogP contribution in [-0.2, 0) is 0 Å². The number of piperazine rings is 1. The first kappa shape index (κ1) is 19.5. The molecule has 1 N–H and O–H groups in total. The minimum atomic E-state index is -0.130. The van der Waals surface area contributed by atoms with Crippen LogP contribution in [0.1, 0.15) is 10.5 Å². The largest absolute Gasteiger partial charge is 0.368 e. The molecule has 0 unspecified atom stereocenters. The number of carbonyl (C=O) groups excluding carboxylic acids is 1. The number of nitrogens with one attached hydrogen (secondary N) is 1. The molecule has 2 heterocycles. The first-order valence-corrected chi connectivity index (χ1v) is 9.55. The lowest BCUT2D eigenvalue weighted by Crippen LogP contribution is -2.46. The number of hydrogen-bond acceptors (Lipinski definition) is 5.